The summed E-state index contributed by atoms with van der Waals surface area (Å²) < 4.78 is 18.6. The van der Waals surface area contributed by atoms with Crippen LogP contribution in [0, 0.1) is 22.9 Å². The predicted molar refractivity (Wildman–Crippen MR) is 65.5 cm³/mol. The zero-order valence-electron chi connectivity index (χ0n) is 10.4. The molecule has 0 saturated carbocycles. The number of nitro groups is 1. The Morgan fingerprint density at radius 3 is 2.90 bits per heavy atom. The van der Waals surface area contributed by atoms with Gasteiger partial charge in [0, 0.05) is 18.2 Å². The largest absolute Gasteiger partial charge is 0.360 e. The van der Waals surface area contributed by atoms with Crippen molar-refractivity contribution in [3.05, 3.63) is 57.2 Å². The zero-order chi connectivity index (χ0) is 14.7. The van der Waals surface area contributed by atoms with E-state index in [1.54, 1.807) is 0 Å². The summed E-state index contributed by atoms with van der Waals surface area (Å²) in [6.45, 7) is 1.37. The second-order valence-corrected chi connectivity index (χ2v) is 4.04. The lowest BCUT2D eigenvalue weighted by molar-refractivity contribution is -0.385. The molecule has 8 heteroatoms. The quantitative estimate of drug-likeness (QED) is 0.681. The average Bonchev–Trinajstić information content (AvgIpc) is 2.92. The fourth-order valence-corrected chi connectivity index (χ4v) is 1.62. The average molecular weight is 279 g/mol. The van der Waals surface area contributed by atoms with E-state index in [2.05, 4.69) is 10.5 Å². The Balaban J connectivity index is 2.22. The van der Waals surface area contributed by atoms with Crippen LogP contribution in [0.4, 0.5) is 10.1 Å². The van der Waals surface area contributed by atoms with Gasteiger partial charge in [0.15, 0.2) is 5.76 Å². The maximum absolute atomic E-state index is 13.8. The number of hydrogen-bond donors (Lipinski definition) is 1. The number of hydrogen-bond acceptors (Lipinski definition) is 5. The molecule has 0 fully saturated rings. The minimum atomic E-state index is -0.786. The fourth-order valence-electron chi connectivity index (χ4n) is 1.62. The first-order valence-electron chi connectivity index (χ1n) is 5.61. The smallest absolute Gasteiger partial charge is 0.270 e. The van der Waals surface area contributed by atoms with Gasteiger partial charge in [-0.15, -0.1) is 0 Å². The minimum Gasteiger partial charge on any atom is -0.360 e. The molecule has 0 radical (unpaired) electrons. The molecule has 0 spiro atoms. The maximum Gasteiger partial charge on any atom is 0.270 e. The fraction of sp³-hybridized carbons (Fsp3) is 0.167. The van der Waals surface area contributed by atoms with Crippen LogP contribution in [-0.2, 0) is 6.54 Å². The van der Waals surface area contributed by atoms with E-state index in [0.29, 0.717) is 5.76 Å². The normalized spacial score (nSPS) is 10.3. The van der Waals surface area contributed by atoms with Crippen LogP contribution < -0.4 is 5.32 Å². The molecule has 2 rings (SSSR count). The van der Waals surface area contributed by atoms with Crippen molar-refractivity contribution in [3.8, 4) is 0 Å². The molecule has 1 aromatic heterocycles. The lowest BCUT2D eigenvalue weighted by Gasteiger charge is -2.06. The Labute approximate surface area is 112 Å². The van der Waals surface area contributed by atoms with Gasteiger partial charge in [-0.25, -0.2) is 4.39 Å². The first kappa shape index (κ1) is 13.7. The molecule has 104 valence electrons. The molecule has 0 unspecified atom stereocenters. The van der Waals surface area contributed by atoms with E-state index < -0.39 is 16.6 Å². The van der Waals surface area contributed by atoms with Crippen molar-refractivity contribution in [3.63, 3.8) is 0 Å². The first-order valence-corrected chi connectivity index (χ1v) is 5.61. The number of rotatable bonds is 4. The molecule has 1 heterocycles. The molecular weight excluding hydrogens is 269 g/mol. The van der Waals surface area contributed by atoms with Crippen molar-refractivity contribution in [2.24, 2.45) is 0 Å². The Bertz CT molecular complexity index is 655. The van der Waals surface area contributed by atoms with Crippen molar-refractivity contribution in [1.82, 2.24) is 10.5 Å². The van der Waals surface area contributed by atoms with Crippen LogP contribution in [0.1, 0.15) is 21.7 Å². The summed E-state index contributed by atoms with van der Waals surface area (Å²) in [7, 11) is 0. The summed E-state index contributed by atoms with van der Waals surface area (Å²) in [5.74, 6) is -1.16. The SMILES string of the molecule is Cc1cc([N+](=O)[O-])cc(C(=O)NCc2ccno2)c1F. The van der Waals surface area contributed by atoms with Gasteiger partial charge in [0.1, 0.15) is 5.82 Å². The predicted octanol–water partition coefficient (Wildman–Crippen LogP) is 1.96. The van der Waals surface area contributed by atoms with Gasteiger partial charge in [0.05, 0.1) is 23.2 Å². The van der Waals surface area contributed by atoms with E-state index in [1.807, 2.05) is 0 Å². The van der Waals surface area contributed by atoms with Gasteiger partial charge < -0.3 is 9.84 Å². The summed E-state index contributed by atoms with van der Waals surface area (Å²) in [5.41, 5.74) is -0.686. The van der Waals surface area contributed by atoms with Gasteiger partial charge in [-0.2, -0.15) is 0 Å². The number of halogens is 1. The second kappa shape index (κ2) is 5.47. The molecule has 2 aromatic rings. The number of aromatic nitrogens is 1. The number of aryl methyl sites for hydroxylation is 1. The number of amides is 1. The molecule has 0 aliphatic heterocycles. The molecule has 0 bridgehead atoms. The standard InChI is InChI=1S/C12H10FN3O4/c1-7-4-8(16(18)19)5-10(11(7)13)12(17)14-6-9-2-3-15-20-9/h2-5H,6H2,1H3,(H,14,17). The molecule has 1 N–H and O–H groups in total. The van der Waals surface area contributed by atoms with E-state index in [-0.39, 0.29) is 23.4 Å². The molecule has 7 nitrogen and oxygen atoms in total. The Morgan fingerprint density at radius 2 is 2.30 bits per heavy atom. The molecule has 0 aliphatic rings. The van der Waals surface area contributed by atoms with Crippen molar-refractivity contribution in [1.29, 1.82) is 0 Å². The van der Waals surface area contributed by atoms with Crippen LogP contribution in [0.2, 0.25) is 0 Å². The number of nitrogens with zero attached hydrogens (tertiary/aromatic N) is 2. The number of nitrogens with one attached hydrogen (secondary N) is 1. The third kappa shape index (κ3) is 2.79. The zero-order valence-corrected chi connectivity index (χ0v) is 10.4. The van der Waals surface area contributed by atoms with Gasteiger partial charge in [-0.1, -0.05) is 5.16 Å². The summed E-state index contributed by atoms with van der Waals surface area (Å²) >= 11 is 0. The number of non-ortho nitro benzene ring substituents is 1. The number of carbonyl (C=O) groups is 1. The van der Waals surface area contributed by atoms with Gasteiger partial charge in [-0.05, 0) is 12.5 Å². The number of nitro benzene ring substituents is 1. The summed E-state index contributed by atoms with van der Waals surface area (Å²) in [6.07, 6.45) is 1.40. The molecule has 1 amide bonds. The summed E-state index contributed by atoms with van der Waals surface area (Å²) in [5, 5.41) is 16.6. The number of carbonyl (C=O) groups excluding carboxylic acids is 1. The molecule has 1 aromatic carbocycles. The Hall–Kier alpha value is -2.77. The highest BCUT2D eigenvalue weighted by molar-refractivity contribution is 5.95. The summed E-state index contributed by atoms with van der Waals surface area (Å²) in [6, 6.07) is 3.51. The van der Waals surface area contributed by atoms with Gasteiger partial charge in [0.2, 0.25) is 0 Å². The monoisotopic (exact) mass is 279 g/mol. The van der Waals surface area contributed by atoms with Gasteiger partial charge in [-0.3, -0.25) is 14.9 Å². The topological polar surface area (TPSA) is 98.3 Å². The highest BCUT2D eigenvalue weighted by Gasteiger charge is 2.19. The van der Waals surface area contributed by atoms with Crippen molar-refractivity contribution < 1.29 is 18.6 Å². The Kier molecular flexibility index (Phi) is 3.74. The van der Waals surface area contributed by atoms with E-state index in [1.165, 1.54) is 19.2 Å². The van der Waals surface area contributed by atoms with Gasteiger partial charge in [0.25, 0.3) is 11.6 Å². The van der Waals surface area contributed by atoms with Crippen LogP contribution >= 0.6 is 0 Å². The molecule has 20 heavy (non-hydrogen) atoms. The minimum absolute atomic E-state index is 0.0139. The van der Waals surface area contributed by atoms with Crippen LogP contribution in [0.15, 0.2) is 28.9 Å². The first-order chi connectivity index (χ1) is 9.49. The Morgan fingerprint density at radius 1 is 1.55 bits per heavy atom. The third-order valence-electron chi connectivity index (χ3n) is 2.61. The highest BCUT2D eigenvalue weighted by atomic mass is 19.1. The highest BCUT2D eigenvalue weighted by Crippen LogP contribution is 2.21. The van der Waals surface area contributed by atoms with Crippen LogP contribution in [-0.4, -0.2) is 16.0 Å². The molecule has 0 aliphatic carbocycles. The molecular formula is C12H10FN3O4. The van der Waals surface area contributed by atoms with E-state index >= 15 is 0 Å². The van der Waals surface area contributed by atoms with E-state index in [9.17, 15) is 19.3 Å². The van der Waals surface area contributed by atoms with Crippen molar-refractivity contribution in [2.45, 2.75) is 13.5 Å². The van der Waals surface area contributed by atoms with Crippen LogP contribution in [0.3, 0.4) is 0 Å². The van der Waals surface area contributed by atoms with Crippen LogP contribution in [0.25, 0.3) is 0 Å². The van der Waals surface area contributed by atoms with E-state index in [4.69, 9.17) is 4.52 Å². The summed E-state index contributed by atoms with van der Waals surface area (Å²) in [4.78, 5) is 21.9. The van der Waals surface area contributed by atoms with Crippen molar-refractivity contribution >= 4 is 11.6 Å². The van der Waals surface area contributed by atoms with Gasteiger partial charge >= 0.3 is 0 Å². The van der Waals surface area contributed by atoms with Crippen LogP contribution in [0.5, 0.6) is 0 Å². The van der Waals surface area contributed by atoms with Crippen molar-refractivity contribution in [2.75, 3.05) is 0 Å². The number of benzene rings is 1. The third-order valence-corrected chi connectivity index (χ3v) is 2.61. The van der Waals surface area contributed by atoms with E-state index in [0.717, 1.165) is 12.1 Å². The maximum atomic E-state index is 13.8. The second-order valence-electron chi connectivity index (χ2n) is 4.04. The molecule has 0 atom stereocenters. The lowest BCUT2D eigenvalue weighted by Crippen LogP contribution is -2.24. The molecule has 0 saturated heterocycles. The lowest BCUT2D eigenvalue weighted by atomic mass is 10.1.